The van der Waals surface area contributed by atoms with Gasteiger partial charge in [-0.2, -0.15) is 0 Å². The molecule has 0 atom stereocenters. The van der Waals surface area contributed by atoms with Crippen LogP contribution >= 0.6 is 11.6 Å². The molecule has 0 aromatic carbocycles. The van der Waals surface area contributed by atoms with Crippen molar-refractivity contribution in [3.63, 3.8) is 0 Å². The molecule has 0 saturated heterocycles. The fraction of sp³-hybridized carbons (Fsp3) is 0.600. The highest BCUT2D eigenvalue weighted by Crippen LogP contribution is 1.95. The second-order valence-corrected chi connectivity index (χ2v) is 2.31. The Morgan fingerprint density at radius 3 is 1.70 bits per heavy atom. The summed E-state index contributed by atoms with van der Waals surface area (Å²) in [6.07, 6.45) is 0. The molecule has 3 amide bonds. The third kappa shape index (κ3) is 2.23. The predicted molar refractivity (Wildman–Crippen MR) is 38.1 cm³/mol. The van der Waals surface area contributed by atoms with E-state index in [2.05, 4.69) is 0 Å². The van der Waals surface area contributed by atoms with Crippen molar-refractivity contribution in [3.8, 4) is 0 Å². The van der Waals surface area contributed by atoms with Crippen molar-refractivity contribution >= 4 is 23.0 Å². The van der Waals surface area contributed by atoms with Crippen LogP contribution in [-0.2, 0) is 0 Å². The van der Waals surface area contributed by atoms with Crippen molar-refractivity contribution in [2.45, 2.75) is 0 Å². The van der Waals surface area contributed by atoms with Crippen LogP contribution in [0.1, 0.15) is 0 Å². The van der Waals surface area contributed by atoms with Gasteiger partial charge in [-0.1, -0.05) is 0 Å². The summed E-state index contributed by atoms with van der Waals surface area (Å²) < 4.78 is 0. The summed E-state index contributed by atoms with van der Waals surface area (Å²) in [5, 5.41) is -0.779. The van der Waals surface area contributed by atoms with Gasteiger partial charge in [0.2, 0.25) is 0 Å². The van der Waals surface area contributed by atoms with Gasteiger partial charge in [0.1, 0.15) is 0 Å². The van der Waals surface area contributed by atoms with E-state index >= 15 is 0 Å². The third-order valence-electron chi connectivity index (χ3n) is 0.933. The number of rotatable bonds is 0. The molecule has 0 aromatic rings. The number of halogens is 1. The first-order valence-corrected chi connectivity index (χ1v) is 2.99. The fourth-order valence-corrected chi connectivity index (χ4v) is 0.447. The number of urea groups is 1. The summed E-state index contributed by atoms with van der Waals surface area (Å²) >= 11 is 5.01. The van der Waals surface area contributed by atoms with Crippen LogP contribution in [0.2, 0.25) is 0 Å². The summed E-state index contributed by atoms with van der Waals surface area (Å²) in [5.74, 6) is 0. The molecule has 5 heteroatoms. The van der Waals surface area contributed by atoms with Gasteiger partial charge in [-0.25, -0.2) is 4.79 Å². The maximum Gasteiger partial charge on any atom is 0.326 e. The molecule has 0 radical (unpaired) electrons. The minimum absolute atomic E-state index is 0.431. The average Bonchev–Trinajstić information content (AvgIpc) is 1.84. The van der Waals surface area contributed by atoms with Crippen molar-refractivity contribution < 1.29 is 9.59 Å². The van der Waals surface area contributed by atoms with Crippen LogP contribution in [0.3, 0.4) is 0 Å². The van der Waals surface area contributed by atoms with E-state index in [0.717, 1.165) is 4.90 Å². The van der Waals surface area contributed by atoms with E-state index in [1.807, 2.05) is 0 Å². The number of amides is 3. The minimum atomic E-state index is -0.779. The second-order valence-electron chi connectivity index (χ2n) is 1.99. The van der Waals surface area contributed by atoms with Crippen LogP contribution in [0, 0.1) is 0 Å². The predicted octanol–water partition coefficient (Wildman–Crippen LogP) is 0.959. The molecule has 0 aromatic heterocycles. The van der Waals surface area contributed by atoms with Crippen molar-refractivity contribution in [2.24, 2.45) is 0 Å². The highest BCUT2D eigenvalue weighted by atomic mass is 35.5. The van der Waals surface area contributed by atoms with Crippen molar-refractivity contribution in [2.75, 3.05) is 21.1 Å². The van der Waals surface area contributed by atoms with Crippen molar-refractivity contribution in [1.82, 2.24) is 9.80 Å². The Bertz CT molecular complexity index is 158. The van der Waals surface area contributed by atoms with Crippen LogP contribution in [0.5, 0.6) is 0 Å². The maximum atomic E-state index is 10.8. The molecule has 0 aliphatic carbocycles. The van der Waals surface area contributed by atoms with Crippen LogP contribution in [0.15, 0.2) is 0 Å². The highest BCUT2D eigenvalue weighted by Gasteiger charge is 2.15. The number of hydrogen-bond donors (Lipinski definition) is 0. The fourth-order valence-electron chi connectivity index (χ4n) is 0.375. The quantitative estimate of drug-likeness (QED) is 0.395. The van der Waals surface area contributed by atoms with E-state index in [-0.39, 0.29) is 0 Å². The van der Waals surface area contributed by atoms with Crippen LogP contribution < -0.4 is 0 Å². The Balaban J connectivity index is 4.08. The molecule has 0 saturated carbocycles. The summed E-state index contributed by atoms with van der Waals surface area (Å²) in [4.78, 5) is 23.2. The lowest BCUT2D eigenvalue weighted by atomic mass is 10.7. The first-order chi connectivity index (χ1) is 4.46. The van der Waals surface area contributed by atoms with Gasteiger partial charge in [0.25, 0.3) is 0 Å². The number of nitrogens with zero attached hydrogens (tertiary/aromatic N) is 2. The maximum absolute atomic E-state index is 10.8. The molecule has 10 heavy (non-hydrogen) atoms. The van der Waals surface area contributed by atoms with Crippen LogP contribution in [-0.4, -0.2) is 42.3 Å². The zero-order chi connectivity index (χ0) is 8.31. The van der Waals surface area contributed by atoms with E-state index < -0.39 is 11.4 Å². The first kappa shape index (κ1) is 9.23. The van der Waals surface area contributed by atoms with Crippen molar-refractivity contribution in [3.05, 3.63) is 0 Å². The summed E-state index contributed by atoms with van der Waals surface area (Å²) in [7, 11) is 4.40. The Morgan fingerprint density at radius 1 is 1.20 bits per heavy atom. The molecule has 0 heterocycles. The molecule has 0 bridgehead atoms. The Morgan fingerprint density at radius 2 is 1.60 bits per heavy atom. The van der Waals surface area contributed by atoms with E-state index in [1.165, 1.54) is 11.9 Å². The van der Waals surface area contributed by atoms with Gasteiger partial charge < -0.3 is 4.90 Å². The van der Waals surface area contributed by atoms with E-state index in [1.54, 1.807) is 14.1 Å². The molecular weight excluding hydrogens is 156 g/mol. The summed E-state index contributed by atoms with van der Waals surface area (Å²) in [6, 6.07) is -0.431. The number of carbonyl (C=O) groups excluding carboxylic acids is 2. The van der Waals surface area contributed by atoms with Crippen LogP contribution in [0.4, 0.5) is 9.59 Å². The van der Waals surface area contributed by atoms with Gasteiger partial charge in [0.15, 0.2) is 0 Å². The van der Waals surface area contributed by atoms with Gasteiger partial charge in [-0.3, -0.25) is 9.69 Å². The van der Waals surface area contributed by atoms with Crippen molar-refractivity contribution in [1.29, 1.82) is 0 Å². The SMILES string of the molecule is CN(C)C(=O)N(C)C(=O)Cl. The second kappa shape index (κ2) is 3.41. The van der Waals surface area contributed by atoms with E-state index in [9.17, 15) is 9.59 Å². The van der Waals surface area contributed by atoms with Gasteiger partial charge in [0.05, 0.1) is 0 Å². The first-order valence-electron chi connectivity index (χ1n) is 2.61. The standard InChI is InChI=1S/C5H9ClN2O2/c1-7(2)5(10)8(3)4(6)9/h1-3H3. The minimum Gasteiger partial charge on any atom is -0.330 e. The molecule has 4 nitrogen and oxygen atoms in total. The molecular formula is C5H9ClN2O2. The Kier molecular flexibility index (Phi) is 3.15. The van der Waals surface area contributed by atoms with Gasteiger partial charge >= 0.3 is 11.4 Å². The van der Waals surface area contributed by atoms with Gasteiger partial charge in [0, 0.05) is 21.1 Å². The summed E-state index contributed by atoms with van der Waals surface area (Å²) in [5.41, 5.74) is 0. The molecule has 0 unspecified atom stereocenters. The Hall–Kier alpha value is -0.770. The topological polar surface area (TPSA) is 40.6 Å². The third-order valence-corrected chi connectivity index (χ3v) is 1.19. The molecule has 0 fully saturated rings. The van der Waals surface area contributed by atoms with Gasteiger partial charge in [-0.15, -0.1) is 0 Å². The normalized spacial score (nSPS) is 8.80. The summed E-state index contributed by atoms with van der Waals surface area (Å²) in [6.45, 7) is 0. The Labute approximate surface area is 64.3 Å². The number of carbonyl (C=O) groups is 2. The lowest BCUT2D eigenvalue weighted by Crippen LogP contribution is -2.37. The number of imide groups is 1. The molecule has 0 aliphatic rings. The molecule has 0 aliphatic heterocycles. The zero-order valence-corrected chi connectivity index (χ0v) is 6.84. The smallest absolute Gasteiger partial charge is 0.326 e. The average molecular weight is 165 g/mol. The largest absolute Gasteiger partial charge is 0.330 e. The monoisotopic (exact) mass is 164 g/mol. The number of hydrogen-bond acceptors (Lipinski definition) is 2. The van der Waals surface area contributed by atoms with Crippen LogP contribution in [0.25, 0.3) is 0 Å². The van der Waals surface area contributed by atoms with E-state index in [4.69, 9.17) is 11.6 Å². The molecule has 0 spiro atoms. The lowest BCUT2D eigenvalue weighted by Gasteiger charge is -2.16. The van der Waals surface area contributed by atoms with E-state index in [0.29, 0.717) is 0 Å². The molecule has 0 N–H and O–H groups in total. The highest BCUT2D eigenvalue weighted by molar-refractivity contribution is 6.63. The molecule has 58 valence electrons. The van der Waals surface area contributed by atoms with Gasteiger partial charge in [-0.05, 0) is 11.6 Å². The molecule has 0 rings (SSSR count). The lowest BCUT2D eigenvalue weighted by molar-refractivity contribution is 0.186. The zero-order valence-electron chi connectivity index (χ0n) is 6.09.